The normalized spacial score (nSPS) is 19.6. The summed E-state index contributed by atoms with van der Waals surface area (Å²) >= 11 is 5.72. The first kappa shape index (κ1) is 16.8. The third-order valence-electron chi connectivity index (χ3n) is 4.89. The molecule has 0 amide bonds. The third kappa shape index (κ3) is 2.99. The van der Waals surface area contributed by atoms with E-state index in [-0.39, 0.29) is 12.1 Å². The van der Waals surface area contributed by atoms with Crippen LogP contribution in [-0.2, 0) is 6.42 Å². The molecule has 5 heteroatoms. The first-order chi connectivity index (χ1) is 12.7. The number of nitrogens with zero attached hydrogens (tertiary/aromatic N) is 2. The van der Waals surface area contributed by atoms with Crippen molar-refractivity contribution < 1.29 is 0 Å². The van der Waals surface area contributed by atoms with Gasteiger partial charge in [0, 0.05) is 23.3 Å². The minimum atomic E-state index is -0.00685. The fourth-order valence-electron chi connectivity index (χ4n) is 3.54. The molecule has 0 radical (unpaired) electrons. The van der Waals surface area contributed by atoms with Crippen molar-refractivity contribution in [2.75, 3.05) is 4.90 Å². The van der Waals surface area contributed by atoms with Crippen molar-refractivity contribution in [3.8, 4) is 0 Å². The second-order valence-corrected chi connectivity index (χ2v) is 7.00. The molecule has 0 aliphatic carbocycles. The van der Waals surface area contributed by atoms with Crippen LogP contribution in [0.15, 0.2) is 60.8 Å². The van der Waals surface area contributed by atoms with Gasteiger partial charge in [-0.25, -0.2) is 0 Å². The van der Waals surface area contributed by atoms with Gasteiger partial charge >= 0.3 is 0 Å². The van der Waals surface area contributed by atoms with Gasteiger partial charge in [-0.15, -0.1) is 0 Å². The number of benzene rings is 1. The first-order valence-corrected chi connectivity index (χ1v) is 9.33. The zero-order chi connectivity index (χ0) is 18.1. The highest BCUT2D eigenvalue weighted by molar-refractivity contribution is 7.80. The zero-order valence-electron chi connectivity index (χ0n) is 14.9. The Morgan fingerprint density at radius 3 is 2.50 bits per heavy atom. The number of aromatic nitrogens is 2. The first-order valence-electron chi connectivity index (χ1n) is 8.92. The summed E-state index contributed by atoms with van der Waals surface area (Å²) < 4.78 is 0. The molecule has 4 rings (SSSR count). The lowest BCUT2D eigenvalue weighted by Crippen LogP contribution is -2.29. The summed E-state index contributed by atoms with van der Waals surface area (Å²) in [6.45, 7) is 4.24. The van der Waals surface area contributed by atoms with Gasteiger partial charge in [0.25, 0.3) is 0 Å². The number of hydrogen-bond donors (Lipinski definition) is 2. The lowest BCUT2D eigenvalue weighted by Gasteiger charge is -2.27. The number of aromatic amines is 1. The summed E-state index contributed by atoms with van der Waals surface area (Å²) in [5, 5.41) is 4.20. The Labute approximate surface area is 159 Å². The molecule has 1 aliphatic rings. The summed E-state index contributed by atoms with van der Waals surface area (Å²) in [5.41, 5.74) is 5.67. The number of rotatable bonds is 4. The quantitative estimate of drug-likeness (QED) is 0.673. The maximum Gasteiger partial charge on any atom is 0.174 e. The summed E-state index contributed by atoms with van der Waals surface area (Å²) in [6, 6.07) is 18.9. The van der Waals surface area contributed by atoms with Crippen molar-refractivity contribution >= 4 is 23.0 Å². The predicted octanol–water partition coefficient (Wildman–Crippen LogP) is 4.46. The molecular weight excluding hydrogens is 340 g/mol. The van der Waals surface area contributed by atoms with Gasteiger partial charge in [0.05, 0.1) is 11.7 Å². The number of anilines is 1. The number of thiocarbonyl (C=S) groups is 1. The highest BCUT2D eigenvalue weighted by atomic mass is 32.1. The molecule has 3 aromatic rings. The second kappa shape index (κ2) is 6.92. The number of H-pyrrole nitrogens is 1. The van der Waals surface area contributed by atoms with Crippen molar-refractivity contribution in [2.24, 2.45) is 0 Å². The SMILES string of the molecule is CCc1ccc(N2C(=S)NC(c3ccccn3)C2c2ccc(C)[nH]2)cc1. The van der Waals surface area contributed by atoms with Crippen LogP contribution < -0.4 is 10.2 Å². The van der Waals surface area contributed by atoms with Crippen LogP contribution in [0, 0.1) is 6.92 Å². The second-order valence-electron chi connectivity index (χ2n) is 6.61. The molecule has 0 saturated carbocycles. The van der Waals surface area contributed by atoms with E-state index in [4.69, 9.17) is 12.2 Å². The Bertz CT molecular complexity index is 901. The van der Waals surface area contributed by atoms with Crippen LogP contribution >= 0.6 is 12.2 Å². The fraction of sp³-hybridized carbons (Fsp3) is 0.238. The highest BCUT2D eigenvalue weighted by Crippen LogP contribution is 2.41. The van der Waals surface area contributed by atoms with Crippen molar-refractivity contribution in [1.29, 1.82) is 0 Å². The predicted molar refractivity (Wildman–Crippen MR) is 109 cm³/mol. The van der Waals surface area contributed by atoms with Crippen molar-refractivity contribution in [3.63, 3.8) is 0 Å². The van der Waals surface area contributed by atoms with Gasteiger partial charge in [-0.05, 0) is 67.5 Å². The van der Waals surface area contributed by atoms with Gasteiger partial charge in [-0.1, -0.05) is 25.1 Å². The minimum Gasteiger partial charge on any atom is -0.361 e. The largest absolute Gasteiger partial charge is 0.361 e. The molecule has 2 aromatic heterocycles. The lowest BCUT2D eigenvalue weighted by atomic mass is 10.0. The Morgan fingerprint density at radius 1 is 1.08 bits per heavy atom. The third-order valence-corrected chi connectivity index (χ3v) is 5.21. The van der Waals surface area contributed by atoms with Crippen LogP contribution in [-0.4, -0.2) is 15.1 Å². The van der Waals surface area contributed by atoms with Gasteiger partial charge in [-0.3, -0.25) is 4.98 Å². The van der Waals surface area contributed by atoms with Gasteiger partial charge in [0.2, 0.25) is 0 Å². The molecule has 4 nitrogen and oxygen atoms in total. The van der Waals surface area contributed by atoms with E-state index in [1.54, 1.807) is 0 Å². The molecule has 1 saturated heterocycles. The number of pyridine rings is 1. The summed E-state index contributed by atoms with van der Waals surface area (Å²) in [5.74, 6) is 0. The van der Waals surface area contributed by atoms with E-state index in [0.29, 0.717) is 0 Å². The standard InChI is InChI=1S/C21H22N4S/c1-3-15-8-10-16(11-9-15)25-20(18-12-7-14(2)23-18)19(24-21(25)26)17-6-4-5-13-22-17/h4-13,19-20,23H,3H2,1-2H3,(H,24,26). The van der Waals surface area contributed by atoms with E-state index in [0.717, 1.165) is 34.3 Å². The Balaban J connectivity index is 1.79. The van der Waals surface area contributed by atoms with Crippen LogP contribution in [0.3, 0.4) is 0 Å². The van der Waals surface area contributed by atoms with Crippen LogP contribution in [0.5, 0.6) is 0 Å². The van der Waals surface area contributed by atoms with E-state index in [9.17, 15) is 0 Å². The fourth-order valence-corrected chi connectivity index (χ4v) is 3.89. The molecule has 0 bridgehead atoms. The van der Waals surface area contributed by atoms with Crippen molar-refractivity contribution in [1.82, 2.24) is 15.3 Å². The van der Waals surface area contributed by atoms with E-state index >= 15 is 0 Å². The average Bonchev–Trinajstić information content (AvgIpc) is 3.25. The average molecular weight is 363 g/mol. The monoisotopic (exact) mass is 362 g/mol. The van der Waals surface area contributed by atoms with Crippen LogP contribution in [0.2, 0.25) is 0 Å². The molecule has 1 fully saturated rings. The van der Waals surface area contributed by atoms with E-state index in [2.05, 4.69) is 70.4 Å². The number of nitrogens with one attached hydrogen (secondary N) is 2. The van der Waals surface area contributed by atoms with Crippen LogP contribution in [0.4, 0.5) is 5.69 Å². The smallest absolute Gasteiger partial charge is 0.174 e. The highest BCUT2D eigenvalue weighted by Gasteiger charge is 2.41. The van der Waals surface area contributed by atoms with Crippen molar-refractivity contribution in [2.45, 2.75) is 32.4 Å². The van der Waals surface area contributed by atoms with Gasteiger partial charge < -0.3 is 15.2 Å². The van der Waals surface area contributed by atoms with E-state index in [1.165, 1.54) is 5.56 Å². The summed E-state index contributed by atoms with van der Waals surface area (Å²) in [4.78, 5) is 10.3. The molecule has 2 atom stereocenters. The molecule has 26 heavy (non-hydrogen) atoms. The van der Waals surface area contributed by atoms with Gasteiger partial charge in [0.15, 0.2) is 5.11 Å². The van der Waals surface area contributed by atoms with Gasteiger partial charge in [0.1, 0.15) is 6.04 Å². The van der Waals surface area contributed by atoms with Gasteiger partial charge in [-0.2, -0.15) is 0 Å². The van der Waals surface area contributed by atoms with Crippen LogP contribution in [0.1, 0.15) is 41.7 Å². The Morgan fingerprint density at radius 2 is 1.88 bits per heavy atom. The number of aryl methyl sites for hydroxylation is 2. The summed E-state index contributed by atoms with van der Waals surface area (Å²) in [6.07, 6.45) is 2.86. The van der Waals surface area contributed by atoms with Crippen LogP contribution in [0.25, 0.3) is 0 Å². The Hall–Kier alpha value is -2.66. The maximum atomic E-state index is 5.72. The minimum absolute atomic E-state index is 0.00685. The molecule has 2 N–H and O–H groups in total. The topological polar surface area (TPSA) is 44.0 Å². The van der Waals surface area contributed by atoms with E-state index < -0.39 is 0 Å². The zero-order valence-corrected chi connectivity index (χ0v) is 15.8. The molecule has 0 spiro atoms. The molecule has 2 unspecified atom stereocenters. The maximum absolute atomic E-state index is 5.72. The Kier molecular flexibility index (Phi) is 4.47. The number of hydrogen-bond acceptors (Lipinski definition) is 2. The summed E-state index contributed by atoms with van der Waals surface area (Å²) in [7, 11) is 0. The lowest BCUT2D eigenvalue weighted by molar-refractivity contribution is 0.558. The molecule has 1 aliphatic heterocycles. The molecule has 132 valence electrons. The molecule has 3 heterocycles. The molecular formula is C21H22N4S. The van der Waals surface area contributed by atoms with E-state index in [1.807, 2.05) is 24.4 Å². The molecule has 1 aromatic carbocycles. The van der Waals surface area contributed by atoms with Crippen molar-refractivity contribution in [3.05, 3.63) is 83.4 Å².